The topological polar surface area (TPSA) is 35.9 Å². The molecule has 0 saturated carbocycles. The molecule has 1 heterocycles. The second-order valence-corrected chi connectivity index (χ2v) is 3.12. The second kappa shape index (κ2) is 5.04. The van der Waals surface area contributed by atoms with E-state index in [1.54, 1.807) is 6.08 Å². The molecule has 68 valence electrons. The third kappa shape index (κ3) is 3.13. The van der Waals surface area contributed by atoms with Crippen LogP contribution in [0.1, 0.15) is 0 Å². The van der Waals surface area contributed by atoms with E-state index in [1.165, 1.54) is 0 Å². The van der Waals surface area contributed by atoms with Crippen molar-refractivity contribution in [1.82, 2.24) is 9.80 Å². The molecule has 0 unspecified atom stereocenters. The fourth-order valence-corrected chi connectivity index (χ4v) is 1.31. The van der Waals surface area contributed by atoms with Crippen molar-refractivity contribution in [2.24, 2.45) is 4.99 Å². The lowest BCUT2D eigenvalue weighted by Gasteiger charge is -2.31. The molecule has 1 aliphatic rings. The van der Waals surface area contributed by atoms with Gasteiger partial charge in [-0.2, -0.15) is 0 Å². The van der Waals surface area contributed by atoms with Gasteiger partial charge in [0.2, 0.25) is 6.08 Å². The summed E-state index contributed by atoms with van der Waals surface area (Å²) < 4.78 is 0. The van der Waals surface area contributed by atoms with Gasteiger partial charge in [-0.3, -0.25) is 4.90 Å². The van der Waals surface area contributed by atoms with Crippen molar-refractivity contribution in [3.05, 3.63) is 0 Å². The zero-order valence-electron chi connectivity index (χ0n) is 7.49. The minimum atomic E-state index is 0.590. The van der Waals surface area contributed by atoms with E-state index >= 15 is 0 Å². The molecule has 1 rings (SSSR count). The molecule has 1 aliphatic heterocycles. The van der Waals surface area contributed by atoms with E-state index in [0.717, 1.165) is 32.7 Å². The van der Waals surface area contributed by atoms with Gasteiger partial charge >= 0.3 is 0 Å². The zero-order chi connectivity index (χ0) is 8.81. The minimum absolute atomic E-state index is 0.590. The molecule has 1 saturated heterocycles. The Morgan fingerprint density at radius 1 is 1.33 bits per heavy atom. The van der Waals surface area contributed by atoms with E-state index in [4.69, 9.17) is 0 Å². The lowest BCUT2D eigenvalue weighted by molar-refractivity contribution is 0.157. The number of aliphatic imine (C=N–C) groups is 1. The van der Waals surface area contributed by atoms with Crippen LogP contribution in [0.3, 0.4) is 0 Å². The Bertz CT molecular complexity index is 169. The molecule has 0 bridgehead atoms. The fourth-order valence-electron chi connectivity index (χ4n) is 1.31. The van der Waals surface area contributed by atoms with Crippen molar-refractivity contribution in [2.75, 3.05) is 46.3 Å². The quantitative estimate of drug-likeness (QED) is 0.425. The van der Waals surface area contributed by atoms with Gasteiger partial charge in [-0.1, -0.05) is 0 Å². The van der Waals surface area contributed by atoms with Crippen LogP contribution < -0.4 is 0 Å². The summed E-state index contributed by atoms with van der Waals surface area (Å²) in [7, 11) is 2.13. The Kier molecular flexibility index (Phi) is 3.94. The predicted molar refractivity (Wildman–Crippen MR) is 46.9 cm³/mol. The Balaban J connectivity index is 2.13. The molecular formula is C8H15N3O. The first-order valence-electron chi connectivity index (χ1n) is 4.27. The average Bonchev–Trinajstić information content (AvgIpc) is 2.09. The van der Waals surface area contributed by atoms with E-state index in [9.17, 15) is 4.79 Å². The van der Waals surface area contributed by atoms with Crippen LogP contribution in [0.25, 0.3) is 0 Å². The number of nitrogens with zero attached hydrogens (tertiary/aromatic N) is 3. The molecule has 0 aromatic heterocycles. The zero-order valence-corrected chi connectivity index (χ0v) is 7.49. The number of piperazine rings is 1. The van der Waals surface area contributed by atoms with Crippen LogP contribution in [0.2, 0.25) is 0 Å². The van der Waals surface area contributed by atoms with Crippen molar-refractivity contribution in [3.63, 3.8) is 0 Å². The maximum absolute atomic E-state index is 9.78. The van der Waals surface area contributed by atoms with E-state index in [1.807, 2.05) is 0 Å². The smallest absolute Gasteiger partial charge is 0.234 e. The molecule has 0 aromatic rings. The number of carbonyl (C=O) groups excluding carboxylic acids is 1. The van der Waals surface area contributed by atoms with Gasteiger partial charge in [0.15, 0.2) is 0 Å². The summed E-state index contributed by atoms with van der Waals surface area (Å²) in [5.41, 5.74) is 0. The second-order valence-electron chi connectivity index (χ2n) is 3.12. The Morgan fingerprint density at radius 3 is 2.58 bits per heavy atom. The van der Waals surface area contributed by atoms with Gasteiger partial charge in [-0.05, 0) is 7.05 Å². The van der Waals surface area contributed by atoms with Crippen molar-refractivity contribution in [2.45, 2.75) is 0 Å². The molecule has 0 N–H and O–H groups in total. The summed E-state index contributed by atoms with van der Waals surface area (Å²) in [5.74, 6) is 0. The number of hydrogen-bond donors (Lipinski definition) is 0. The van der Waals surface area contributed by atoms with Crippen LogP contribution in [0.4, 0.5) is 0 Å². The van der Waals surface area contributed by atoms with E-state index < -0.39 is 0 Å². The Labute approximate surface area is 72.9 Å². The number of likely N-dealkylation sites (N-methyl/N-ethyl adjacent to an activating group) is 1. The van der Waals surface area contributed by atoms with Crippen LogP contribution in [-0.2, 0) is 4.79 Å². The summed E-state index contributed by atoms with van der Waals surface area (Å²) in [6.45, 7) is 5.89. The number of rotatable bonds is 3. The number of isocyanates is 1. The van der Waals surface area contributed by atoms with Crippen LogP contribution in [-0.4, -0.2) is 62.2 Å². The van der Waals surface area contributed by atoms with Gasteiger partial charge in [0.1, 0.15) is 0 Å². The predicted octanol–water partition coefficient (Wildman–Crippen LogP) is -0.430. The van der Waals surface area contributed by atoms with Crippen LogP contribution in [0.15, 0.2) is 4.99 Å². The minimum Gasteiger partial charge on any atom is -0.304 e. The molecule has 0 atom stereocenters. The SMILES string of the molecule is CN1CCN(CCN=C=O)CC1. The maximum Gasteiger partial charge on any atom is 0.234 e. The highest BCUT2D eigenvalue weighted by Gasteiger charge is 2.12. The maximum atomic E-state index is 9.78. The summed E-state index contributed by atoms with van der Waals surface area (Å²) >= 11 is 0. The first-order chi connectivity index (χ1) is 5.83. The normalized spacial score (nSPS) is 20.4. The molecular weight excluding hydrogens is 154 g/mol. The highest BCUT2D eigenvalue weighted by atomic mass is 16.1. The van der Waals surface area contributed by atoms with Crippen LogP contribution >= 0.6 is 0 Å². The fraction of sp³-hybridized carbons (Fsp3) is 0.875. The largest absolute Gasteiger partial charge is 0.304 e. The van der Waals surface area contributed by atoms with E-state index in [0.29, 0.717) is 6.54 Å². The van der Waals surface area contributed by atoms with Gasteiger partial charge in [0, 0.05) is 32.7 Å². The highest BCUT2D eigenvalue weighted by Crippen LogP contribution is 1.97. The molecule has 0 aliphatic carbocycles. The Hall–Kier alpha value is -0.700. The summed E-state index contributed by atoms with van der Waals surface area (Å²) in [5, 5.41) is 0. The van der Waals surface area contributed by atoms with E-state index in [2.05, 4.69) is 21.8 Å². The molecule has 0 radical (unpaired) electrons. The molecule has 4 heteroatoms. The number of hydrogen-bond acceptors (Lipinski definition) is 4. The van der Waals surface area contributed by atoms with Crippen molar-refractivity contribution in [1.29, 1.82) is 0 Å². The van der Waals surface area contributed by atoms with Gasteiger partial charge in [0.05, 0.1) is 6.54 Å². The molecule has 0 amide bonds. The summed E-state index contributed by atoms with van der Waals surface area (Å²) in [6, 6.07) is 0. The lowest BCUT2D eigenvalue weighted by atomic mass is 10.3. The van der Waals surface area contributed by atoms with Gasteiger partial charge in [-0.25, -0.2) is 9.79 Å². The molecule has 1 fully saturated rings. The third-order valence-electron chi connectivity index (χ3n) is 2.19. The Morgan fingerprint density at radius 2 is 2.00 bits per heavy atom. The lowest BCUT2D eigenvalue weighted by Crippen LogP contribution is -2.45. The monoisotopic (exact) mass is 169 g/mol. The summed E-state index contributed by atoms with van der Waals surface area (Å²) in [6.07, 6.45) is 1.55. The van der Waals surface area contributed by atoms with Crippen LogP contribution in [0, 0.1) is 0 Å². The highest BCUT2D eigenvalue weighted by molar-refractivity contribution is 5.32. The van der Waals surface area contributed by atoms with Crippen molar-refractivity contribution >= 4 is 6.08 Å². The van der Waals surface area contributed by atoms with Crippen LogP contribution in [0.5, 0.6) is 0 Å². The molecule has 4 nitrogen and oxygen atoms in total. The van der Waals surface area contributed by atoms with Gasteiger partial charge in [0.25, 0.3) is 0 Å². The standard InChI is InChI=1S/C8H15N3O/c1-10-4-6-11(7-5-10)3-2-9-8-12/h2-7H2,1H3. The van der Waals surface area contributed by atoms with Crippen molar-refractivity contribution < 1.29 is 4.79 Å². The molecule has 0 spiro atoms. The summed E-state index contributed by atoms with van der Waals surface area (Å²) in [4.78, 5) is 17.9. The van der Waals surface area contributed by atoms with E-state index in [-0.39, 0.29) is 0 Å². The van der Waals surface area contributed by atoms with Gasteiger partial charge in [-0.15, -0.1) is 0 Å². The third-order valence-corrected chi connectivity index (χ3v) is 2.19. The average molecular weight is 169 g/mol. The van der Waals surface area contributed by atoms with Crippen molar-refractivity contribution in [3.8, 4) is 0 Å². The first-order valence-corrected chi connectivity index (χ1v) is 4.27. The first kappa shape index (κ1) is 9.39. The molecule has 0 aromatic carbocycles. The van der Waals surface area contributed by atoms with Gasteiger partial charge < -0.3 is 4.90 Å². The molecule has 12 heavy (non-hydrogen) atoms.